The van der Waals surface area contributed by atoms with Gasteiger partial charge in [-0.1, -0.05) is 0 Å². The van der Waals surface area contributed by atoms with E-state index in [-0.39, 0.29) is 23.4 Å². The zero-order valence-electron chi connectivity index (χ0n) is 20.3. The minimum Gasteiger partial charge on any atom is -0.388 e. The molecule has 1 amide bonds. The van der Waals surface area contributed by atoms with Crippen molar-refractivity contribution in [3.8, 4) is 0 Å². The van der Waals surface area contributed by atoms with Crippen molar-refractivity contribution in [3.63, 3.8) is 0 Å². The maximum absolute atomic E-state index is 13.7. The van der Waals surface area contributed by atoms with Crippen LogP contribution in [0.1, 0.15) is 34.5 Å². The predicted molar refractivity (Wildman–Crippen MR) is 137 cm³/mol. The molecule has 2 aliphatic rings. The number of fused-ring (bicyclic) bond motifs is 1. The van der Waals surface area contributed by atoms with Crippen molar-refractivity contribution in [2.45, 2.75) is 36.7 Å². The third-order valence-electron chi connectivity index (χ3n) is 6.54. The number of halogens is 2. The van der Waals surface area contributed by atoms with Crippen molar-refractivity contribution in [1.82, 2.24) is 14.5 Å². The number of carbonyl (C=O) groups excluding carboxylic acids is 1. The molecule has 4 N–H and O–H groups in total. The molecule has 9 nitrogen and oxygen atoms in total. The van der Waals surface area contributed by atoms with Crippen LogP contribution in [0, 0.1) is 11.6 Å². The summed E-state index contributed by atoms with van der Waals surface area (Å²) in [5.41, 5.74) is 3.55. The van der Waals surface area contributed by atoms with Gasteiger partial charge in [0, 0.05) is 74.5 Å². The molecule has 0 saturated carbocycles. The van der Waals surface area contributed by atoms with Gasteiger partial charge in [0.1, 0.15) is 22.6 Å². The molecule has 37 heavy (non-hydrogen) atoms. The Bertz CT molecular complexity index is 1310. The number of ether oxygens (including phenoxy) is 1. The molecule has 2 aliphatic heterocycles. The minimum atomic E-state index is -1.78. The van der Waals surface area contributed by atoms with E-state index < -0.39 is 22.6 Å². The van der Waals surface area contributed by atoms with E-state index in [2.05, 4.69) is 26.1 Å². The van der Waals surface area contributed by atoms with Crippen LogP contribution in [-0.2, 0) is 28.7 Å². The Labute approximate surface area is 215 Å². The number of rotatable bonds is 7. The summed E-state index contributed by atoms with van der Waals surface area (Å²) in [7, 11) is 0.0378. The Morgan fingerprint density at radius 2 is 1.92 bits per heavy atom. The van der Waals surface area contributed by atoms with Crippen molar-refractivity contribution in [1.29, 1.82) is 0 Å². The van der Waals surface area contributed by atoms with Crippen molar-refractivity contribution in [3.05, 3.63) is 64.9 Å². The van der Waals surface area contributed by atoms with E-state index in [1.165, 1.54) is 0 Å². The quantitative estimate of drug-likeness (QED) is 0.371. The largest absolute Gasteiger partial charge is 0.388 e. The molecule has 0 radical (unpaired) electrons. The van der Waals surface area contributed by atoms with Crippen molar-refractivity contribution >= 4 is 34.1 Å². The van der Waals surface area contributed by atoms with Crippen LogP contribution in [0.5, 0.6) is 0 Å². The number of carbonyl (C=O) groups is 1. The van der Waals surface area contributed by atoms with Crippen LogP contribution in [0.15, 0.2) is 41.3 Å². The number of nitrogens with zero attached hydrogens (tertiary/aromatic N) is 2. The fourth-order valence-electron chi connectivity index (χ4n) is 4.55. The van der Waals surface area contributed by atoms with Gasteiger partial charge in [-0.15, -0.1) is 0 Å². The Hall–Kier alpha value is -3.35. The van der Waals surface area contributed by atoms with Gasteiger partial charge in [0.2, 0.25) is 0 Å². The zero-order valence-corrected chi connectivity index (χ0v) is 21.1. The molecule has 0 spiro atoms. The first kappa shape index (κ1) is 25.3. The number of aromatic amines is 1. The zero-order chi connectivity index (χ0) is 25.9. The van der Waals surface area contributed by atoms with E-state index in [1.807, 2.05) is 19.2 Å². The van der Waals surface area contributed by atoms with Crippen molar-refractivity contribution in [2.24, 2.45) is 0 Å². The molecule has 3 heterocycles. The summed E-state index contributed by atoms with van der Waals surface area (Å²) >= 11 is 0. The monoisotopic (exact) mass is 530 g/mol. The first-order valence-electron chi connectivity index (χ1n) is 12.1. The molecular weight excluding hydrogens is 502 g/mol. The molecule has 1 fully saturated rings. The first-order valence-corrected chi connectivity index (χ1v) is 13.2. The average molecular weight is 531 g/mol. The van der Waals surface area contributed by atoms with E-state index in [4.69, 9.17) is 4.74 Å². The summed E-state index contributed by atoms with van der Waals surface area (Å²) in [5.74, 6) is -1.57. The lowest BCUT2D eigenvalue weighted by molar-refractivity contribution is 0.0904. The van der Waals surface area contributed by atoms with Crippen LogP contribution in [0.4, 0.5) is 26.0 Å². The highest BCUT2D eigenvalue weighted by molar-refractivity contribution is 7.82. The molecule has 0 aliphatic carbocycles. The Balaban J connectivity index is 1.34. The molecule has 1 atom stereocenters. The molecule has 1 unspecified atom stereocenters. The molecular formula is C25H28F2N6O3S. The maximum Gasteiger partial charge on any atom is 0.258 e. The molecule has 196 valence electrons. The van der Waals surface area contributed by atoms with Gasteiger partial charge in [-0.3, -0.25) is 9.89 Å². The van der Waals surface area contributed by atoms with Gasteiger partial charge in [-0.05, 0) is 43.2 Å². The standard InChI is InChI=1S/C25H28F2N6O3S/c1-28-18-2-3-20(23(13-18)29-17-5-8-36-9-6-17)25(34)30-24-21-14-33(7-4-22(21)31-32-24)37(35)19-11-15(26)10-16(27)12-19/h2-3,10-13,17,28-29H,4-9,14H2,1H3,(H2,30,31,32,34). The lowest BCUT2D eigenvalue weighted by Crippen LogP contribution is -2.32. The maximum atomic E-state index is 13.7. The second-order valence-electron chi connectivity index (χ2n) is 8.99. The third kappa shape index (κ3) is 5.65. The lowest BCUT2D eigenvalue weighted by Gasteiger charge is -2.26. The summed E-state index contributed by atoms with van der Waals surface area (Å²) < 4.78 is 47.4. The Morgan fingerprint density at radius 3 is 2.65 bits per heavy atom. The van der Waals surface area contributed by atoms with Crippen LogP contribution in [-0.4, -0.2) is 57.5 Å². The van der Waals surface area contributed by atoms with Gasteiger partial charge >= 0.3 is 0 Å². The van der Waals surface area contributed by atoms with Crippen molar-refractivity contribution in [2.75, 3.05) is 42.8 Å². The number of benzene rings is 2. The summed E-state index contributed by atoms with van der Waals surface area (Å²) in [5, 5.41) is 16.7. The average Bonchev–Trinajstić information content (AvgIpc) is 3.30. The first-order chi connectivity index (χ1) is 17.9. The summed E-state index contributed by atoms with van der Waals surface area (Å²) in [6, 6.07) is 8.54. The van der Waals surface area contributed by atoms with Crippen LogP contribution < -0.4 is 16.0 Å². The molecule has 0 bridgehead atoms. The normalized spacial score (nSPS) is 17.2. The number of aromatic nitrogens is 2. The third-order valence-corrected chi connectivity index (χ3v) is 7.96. The molecule has 12 heteroatoms. The highest BCUT2D eigenvalue weighted by Crippen LogP contribution is 2.29. The predicted octanol–water partition coefficient (Wildman–Crippen LogP) is 3.65. The molecule has 1 aromatic heterocycles. The smallest absolute Gasteiger partial charge is 0.258 e. The molecule has 1 saturated heterocycles. The highest BCUT2D eigenvalue weighted by Gasteiger charge is 2.28. The van der Waals surface area contributed by atoms with Gasteiger partial charge < -0.3 is 20.7 Å². The van der Waals surface area contributed by atoms with E-state index >= 15 is 0 Å². The van der Waals surface area contributed by atoms with Gasteiger partial charge in [0.25, 0.3) is 5.91 Å². The van der Waals surface area contributed by atoms with Crippen LogP contribution >= 0.6 is 0 Å². The van der Waals surface area contributed by atoms with Crippen molar-refractivity contribution < 1.29 is 22.5 Å². The second kappa shape index (κ2) is 11.0. The number of amides is 1. The number of hydrogen-bond acceptors (Lipinski definition) is 6. The Kier molecular flexibility index (Phi) is 7.49. The van der Waals surface area contributed by atoms with E-state index in [0.717, 1.165) is 42.4 Å². The topological polar surface area (TPSA) is 111 Å². The molecule has 3 aromatic rings. The number of H-pyrrole nitrogens is 1. The summed E-state index contributed by atoms with van der Waals surface area (Å²) in [6.07, 6.45) is 2.19. The van der Waals surface area contributed by atoms with Gasteiger partial charge in [-0.25, -0.2) is 17.3 Å². The summed E-state index contributed by atoms with van der Waals surface area (Å²) in [6.45, 7) is 1.94. The fraction of sp³-hybridized carbons (Fsp3) is 0.360. The van der Waals surface area contributed by atoms with Crippen LogP contribution in [0.2, 0.25) is 0 Å². The van der Waals surface area contributed by atoms with Crippen LogP contribution in [0.25, 0.3) is 0 Å². The van der Waals surface area contributed by atoms with E-state index in [0.29, 0.717) is 48.8 Å². The molecule has 5 rings (SSSR count). The SMILES string of the molecule is CNc1ccc(C(=O)Nc2n[nH]c3c2CN(S(=O)c2cc(F)cc(F)c2)CC3)c(NC2CCOCC2)c1. The number of hydrogen-bond donors (Lipinski definition) is 4. The van der Waals surface area contributed by atoms with Gasteiger partial charge in [0.05, 0.1) is 10.5 Å². The van der Waals surface area contributed by atoms with E-state index in [1.54, 1.807) is 10.4 Å². The highest BCUT2D eigenvalue weighted by atomic mass is 32.2. The fourth-order valence-corrected chi connectivity index (χ4v) is 5.78. The minimum absolute atomic E-state index is 0.0449. The molecule has 2 aromatic carbocycles. The van der Waals surface area contributed by atoms with E-state index in [9.17, 15) is 17.8 Å². The lowest BCUT2D eigenvalue weighted by atomic mass is 10.1. The number of anilines is 3. The Morgan fingerprint density at radius 1 is 1.16 bits per heavy atom. The summed E-state index contributed by atoms with van der Waals surface area (Å²) in [4.78, 5) is 13.4. The number of nitrogens with one attached hydrogen (secondary N) is 4. The van der Waals surface area contributed by atoms with Gasteiger partial charge in [0.15, 0.2) is 5.82 Å². The van der Waals surface area contributed by atoms with Gasteiger partial charge in [-0.2, -0.15) is 5.10 Å². The van der Waals surface area contributed by atoms with Crippen LogP contribution in [0.3, 0.4) is 0 Å². The second-order valence-corrected chi connectivity index (χ2v) is 10.5.